The number of thiophene rings is 1. The second kappa shape index (κ2) is 3.76. The Labute approximate surface area is 111 Å². The monoisotopic (exact) mass is 268 g/mol. The highest BCUT2D eigenvalue weighted by atomic mass is 32.1. The van der Waals surface area contributed by atoms with E-state index in [4.69, 9.17) is 0 Å². The Morgan fingerprint density at radius 3 is 2.95 bits per heavy atom. The van der Waals surface area contributed by atoms with Crippen LogP contribution in [0.2, 0.25) is 0 Å². The van der Waals surface area contributed by atoms with Crippen molar-refractivity contribution in [2.45, 2.75) is 0 Å². The van der Waals surface area contributed by atoms with E-state index in [1.165, 1.54) is 0 Å². The highest BCUT2D eigenvalue weighted by Crippen LogP contribution is 2.28. The van der Waals surface area contributed by atoms with Crippen LogP contribution < -0.4 is 0 Å². The van der Waals surface area contributed by atoms with Crippen LogP contribution in [0, 0.1) is 0 Å². The minimum Gasteiger partial charge on any atom is -0.507 e. The van der Waals surface area contributed by atoms with Gasteiger partial charge in [0.05, 0.1) is 10.9 Å². The Morgan fingerprint density at radius 1 is 1.16 bits per heavy atom. The summed E-state index contributed by atoms with van der Waals surface area (Å²) in [7, 11) is 0. The van der Waals surface area contributed by atoms with Crippen molar-refractivity contribution < 1.29 is 5.11 Å². The number of benzene rings is 1. The minimum atomic E-state index is 0.174. The fourth-order valence-corrected chi connectivity index (χ4v) is 2.77. The van der Waals surface area contributed by atoms with E-state index in [1.807, 2.05) is 17.5 Å². The Bertz CT molecular complexity index is 896. The highest BCUT2D eigenvalue weighted by molar-refractivity contribution is 7.16. The number of nitrogens with zero attached hydrogens (tertiary/aromatic N) is 4. The number of para-hydroxylation sites is 1. The van der Waals surface area contributed by atoms with Crippen molar-refractivity contribution in [2.24, 2.45) is 0 Å². The molecule has 0 unspecified atom stereocenters. The van der Waals surface area contributed by atoms with Gasteiger partial charge in [-0.25, -0.2) is 14.5 Å². The minimum absolute atomic E-state index is 0.174. The molecule has 0 radical (unpaired) electrons. The lowest BCUT2D eigenvalue weighted by molar-refractivity contribution is 0.477. The standard InChI is InChI=1S/C13H8N4OS/c18-10-4-2-1-3-8(10)11-15-12-9-5-6-19-13(9)14-7-17(12)16-11/h1-7,18H. The van der Waals surface area contributed by atoms with Gasteiger partial charge in [-0.2, -0.15) is 0 Å². The second-order valence-corrected chi connectivity index (χ2v) is 5.00. The summed E-state index contributed by atoms with van der Waals surface area (Å²) in [5.74, 6) is 0.673. The number of hydrogen-bond donors (Lipinski definition) is 1. The molecule has 0 saturated heterocycles. The van der Waals surface area contributed by atoms with E-state index in [0.717, 1.165) is 15.9 Å². The predicted molar refractivity (Wildman–Crippen MR) is 73.3 cm³/mol. The van der Waals surface area contributed by atoms with Crippen LogP contribution in [-0.2, 0) is 0 Å². The molecule has 0 aliphatic rings. The average Bonchev–Trinajstić information content (AvgIpc) is 3.04. The molecule has 3 aromatic heterocycles. The number of fused-ring (bicyclic) bond motifs is 3. The first-order valence-electron chi connectivity index (χ1n) is 5.70. The van der Waals surface area contributed by atoms with Gasteiger partial charge >= 0.3 is 0 Å². The first-order valence-corrected chi connectivity index (χ1v) is 6.58. The molecule has 0 atom stereocenters. The predicted octanol–water partition coefficient (Wildman–Crippen LogP) is 2.71. The van der Waals surface area contributed by atoms with Gasteiger partial charge in [0.25, 0.3) is 0 Å². The van der Waals surface area contributed by atoms with Gasteiger partial charge in [0, 0.05) is 0 Å². The zero-order chi connectivity index (χ0) is 12.8. The van der Waals surface area contributed by atoms with Crippen molar-refractivity contribution in [2.75, 3.05) is 0 Å². The SMILES string of the molecule is Oc1ccccc1-c1nc2c3ccsc3ncn2n1. The number of rotatable bonds is 1. The lowest BCUT2D eigenvalue weighted by atomic mass is 10.2. The maximum atomic E-state index is 9.86. The summed E-state index contributed by atoms with van der Waals surface area (Å²) in [5.41, 5.74) is 1.37. The van der Waals surface area contributed by atoms with Crippen molar-refractivity contribution in [3.8, 4) is 17.1 Å². The van der Waals surface area contributed by atoms with Crippen LogP contribution in [0.3, 0.4) is 0 Å². The summed E-state index contributed by atoms with van der Waals surface area (Å²) in [6, 6.07) is 9.01. The first-order chi connectivity index (χ1) is 9.33. The van der Waals surface area contributed by atoms with Gasteiger partial charge in [0.2, 0.25) is 0 Å². The first kappa shape index (κ1) is 10.5. The quantitative estimate of drug-likeness (QED) is 0.576. The number of phenolic OH excluding ortho intramolecular Hbond substituents is 1. The van der Waals surface area contributed by atoms with E-state index in [2.05, 4.69) is 15.1 Å². The molecule has 0 aliphatic carbocycles. The fraction of sp³-hybridized carbons (Fsp3) is 0. The fourth-order valence-electron chi connectivity index (χ4n) is 2.04. The number of phenols is 1. The zero-order valence-electron chi connectivity index (χ0n) is 9.69. The molecule has 4 rings (SSSR count). The Morgan fingerprint density at radius 2 is 2.05 bits per heavy atom. The molecule has 1 aromatic carbocycles. The third-order valence-corrected chi connectivity index (χ3v) is 3.77. The Balaban J connectivity index is 2.04. The Hall–Kier alpha value is -2.47. The maximum Gasteiger partial charge on any atom is 0.185 e. The van der Waals surface area contributed by atoms with E-state index in [0.29, 0.717) is 11.4 Å². The topological polar surface area (TPSA) is 63.3 Å². The third-order valence-electron chi connectivity index (χ3n) is 2.95. The van der Waals surface area contributed by atoms with Crippen LogP contribution >= 0.6 is 11.3 Å². The summed E-state index contributed by atoms with van der Waals surface area (Å²) in [6.45, 7) is 0. The molecular weight excluding hydrogens is 260 g/mol. The van der Waals surface area contributed by atoms with Crippen molar-refractivity contribution in [1.29, 1.82) is 0 Å². The molecule has 92 valence electrons. The van der Waals surface area contributed by atoms with Crippen LogP contribution in [-0.4, -0.2) is 24.7 Å². The molecule has 0 saturated carbocycles. The molecule has 5 nitrogen and oxygen atoms in total. The summed E-state index contributed by atoms with van der Waals surface area (Å²) in [4.78, 5) is 9.75. The molecule has 19 heavy (non-hydrogen) atoms. The molecule has 0 bridgehead atoms. The molecule has 6 heteroatoms. The largest absolute Gasteiger partial charge is 0.507 e. The van der Waals surface area contributed by atoms with Gasteiger partial charge in [-0.3, -0.25) is 0 Å². The molecule has 3 heterocycles. The normalized spacial score (nSPS) is 11.4. The Kier molecular flexibility index (Phi) is 2.07. The smallest absolute Gasteiger partial charge is 0.185 e. The summed E-state index contributed by atoms with van der Waals surface area (Å²) in [5, 5.41) is 17.2. The van der Waals surface area contributed by atoms with E-state index >= 15 is 0 Å². The number of aromatic hydroxyl groups is 1. The second-order valence-electron chi connectivity index (χ2n) is 4.10. The maximum absolute atomic E-state index is 9.86. The third kappa shape index (κ3) is 1.50. The van der Waals surface area contributed by atoms with Crippen LogP contribution in [0.5, 0.6) is 5.75 Å². The highest BCUT2D eigenvalue weighted by Gasteiger charge is 2.12. The number of hydrogen-bond acceptors (Lipinski definition) is 5. The van der Waals surface area contributed by atoms with Crippen molar-refractivity contribution in [3.63, 3.8) is 0 Å². The van der Waals surface area contributed by atoms with Crippen molar-refractivity contribution in [1.82, 2.24) is 19.6 Å². The van der Waals surface area contributed by atoms with Gasteiger partial charge in [-0.05, 0) is 23.6 Å². The van der Waals surface area contributed by atoms with Gasteiger partial charge in [-0.1, -0.05) is 12.1 Å². The molecule has 0 aliphatic heterocycles. The van der Waals surface area contributed by atoms with E-state index in [-0.39, 0.29) is 5.75 Å². The summed E-state index contributed by atoms with van der Waals surface area (Å²) in [6.07, 6.45) is 1.64. The summed E-state index contributed by atoms with van der Waals surface area (Å²) < 4.78 is 1.64. The molecule has 0 spiro atoms. The lowest BCUT2D eigenvalue weighted by Crippen LogP contribution is -1.88. The van der Waals surface area contributed by atoms with Gasteiger partial charge in [0.15, 0.2) is 11.5 Å². The van der Waals surface area contributed by atoms with Crippen LogP contribution in [0.25, 0.3) is 27.3 Å². The average molecular weight is 268 g/mol. The van der Waals surface area contributed by atoms with Crippen molar-refractivity contribution in [3.05, 3.63) is 42.0 Å². The van der Waals surface area contributed by atoms with Gasteiger partial charge in [0.1, 0.15) is 16.9 Å². The molecule has 0 fully saturated rings. The lowest BCUT2D eigenvalue weighted by Gasteiger charge is -1.97. The van der Waals surface area contributed by atoms with Gasteiger partial charge in [-0.15, -0.1) is 16.4 Å². The van der Waals surface area contributed by atoms with Gasteiger partial charge < -0.3 is 5.11 Å². The van der Waals surface area contributed by atoms with E-state index in [9.17, 15) is 5.11 Å². The molecular formula is C13H8N4OS. The number of aromatic nitrogens is 4. The molecule has 1 N–H and O–H groups in total. The van der Waals surface area contributed by atoms with Crippen LogP contribution in [0.4, 0.5) is 0 Å². The zero-order valence-corrected chi connectivity index (χ0v) is 10.5. The van der Waals surface area contributed by atoms with Crippen molar-refractivity contribution >= 4 is 27.2 Å². The van der Waals surface area contributed by atoms with E-state index in [1.54, 1.807) is 40.4 Å². The van der Waals surface area contributed by atoms with Crippen LogP contribution in [0.15, 0.2) is 42.0 Å². The molecule has 4 aromatic rings. The van der Waals surface area contributed by atoms with E-state index < -0.39 is 0 Å². The summed E-state index contributed by atoms with van der Waals surface area (Å²) >= 11 is 1.57. The van der Waals surface area contributed by atoms with Crippen LogP contribution in [0.1, 0.15) is 0 Å². The molecule has 0 amide bonds.